The molecular formula is C17H22Cl2INO3. The molecule has 0 aliphatic carbocycles. The predicted molar refractivity (Wildman–Crippen MR) is 106 cm³/mol. The van der Waals surface area contributed by atoms with Gasteiger partial charge in [0.2, 0.25) is 0 Å². The van der Waals surface area contributed by atoms with E-state index in [9.17, 15) is 9.90 Å². The number of carboxylic acid groups (broad SMARTS) is 1. The van der Waals surface area contributed by atoms with E-state index >= 15 is 0 Å². The average molecular weight is 486 g/mol. The van der Waals surface area contributed by atoms with Gasteiger partial charge in [-0.05, 0) is 23.1 Å². The van der Waals surface area contributed by atoms with Gasteiger partial charge in [-0.25, -0.2) is 4.79 Å². The number of ether oxygens (including phenoxy) is 1. The molecule has 2 rings (SSSR count). The van der Waals surface area contributed by atoms with E-state index in [-0.39, 0.29) is 23.5 Å². The van der Waals surface area contributed by atoms with Crippen molar-refractivity contribution in [3.63, 3.8) is 0 Å². The lowest BCUT2D eigenvalue weighted by Crippen LogP contribution is -2.42. The molecule has 3 atom stereocenters. The first-order chi connectivity index (χ1) is 11.1. The first-order valence-electron chi connectivity index (χ1n) is 7.77. The Balaban J connectivity index is 2.41. The molecule has 7 heteroatoms. The Bertz CT molecular complexity index is 606. The number of hydrogen-bond donors (Lipinski definition) is 1. The minimum atomic E-state index is -0.924. The highest BCUT2D eigenvalue weighted by molar-refractivity contribution is 14.1. The van der Waals surface area contributed by atoms with Crippen LogP contribution in [-0.4, -0.2) is 45.8 Å². The summed E-state index contributed by atoms with van der Waals surface area (Å²) < 4.78 is 7.12. The van der Waals surface area contributed by atoms with Gasteiger partial charge in [-0.1, -0.05) is 72.6 Å². The predicted octanol–water partition coefficient (Wildman–Crippen LogP) is 5.31. The van der Waals surface area contributed by atoms with E-state index in [1.807, 2.05) is 12.1 Å². The summed E-state index contributed by atoms with van der Waals surface area (Å²) in [6.07, 6.45) is -1.18. The molecule has 1 heterocycles. The summed E-state index contributed by atoms with van der Waals surface area (Å²) in [7, 11) is 0. The van der Waals surface area contributed by atoms with Gasteiger partial charge in [-0.15, -0.1) is 0 Å². The summed E-state index contributed by atoms with van der Waals surface area (Å²) in [5.41, 5.74) is 0.802. The molecule has 1 fully saturated rings. The molecule has 1 aromatic carbocycles. The lowest BCUT2D eigenvalue weighted by Gasteiger charge is -2.33. The summed E-state index contributed by atoms with van der Waals surface area (Å²) in [5.74, 6) is -0.0832. The van der Waals surface area contributed by atoms with E-state index in [2.05, 4.69) is 43.4 Å². The molecule has 0 aromatic heterocycles. The third-order valence-corrected chi connectivity index (χ3v) is 5.96. The molecule has 134 valence electrons. The fourth-order valence-corrected chi connectivity index (χ4v) is 3.95. The van der Waals surface area contributed by atoms with Crippen molar-refractivity contribution >= 4 is 51.9 Å². The largest absolute Gasteiger partial charge is 0.465 e. The number of alkyl halides is 1. The fourth-order valence-electron chi connectivity index (χ4n) is 2.82. The Morgan fingerprint density at radius 1 is 1.33 bits per heavy atom. The Kier molecular flexibility index (Phi) is 6.67. The van der Waals surface area contributed by atoms with Gasteiger partial charge in [-0.3, -0.25) is 0 Å². The van der Waals surface area contributed by atoms with Crippen LogP contribution in [0.3, 0.4) is 0 Å². The zero-order valence-electron chi connectivity index (χ0n) is 13.9. The average Bonchev–Trinajstić information content (AvgIpc) is 2.69. The van der Waals surface area contributed by atoms with Crippen LogP contribution >= 0.6 is 45.8 Å². The maximum absolute atomic E-state index is 11.7. The van der Waals surface area contributed by atoms with Crippen molar-refractivity contribution in [3.8, 4) is 0 Å². The lowest BCUT2D eigenvalue weighted by molar-refractivity contribution is -0.0555. The molecule has 0 radical (unpaired) electrons. The van der Waals surface area contributed by atoms with Crippen LogP contribution in [0, 0.1) is 5.41 Å². The van der Waals surface area contributed by atoms with Gasteiger partial charge < -0.3 is 14.7 Å². The highest BCUT2D eigenvalue weighted by Gasteiger charge is 2.39. The van der Waals surface area contributed by atoms with Gasteiger partial charge in [0.25, 0.3) is 0 Å². The SMILES string of the molecule is CC(C)(C)C1CN(C(=O)O)C[C@@H](c2ccc(Cl)c(Cl)c2)[C@H](CI)O1. The molecule has 1 amide bonds. The normalized spacial score (nSPS) is 25.4. The van der Waals surface area contributed by atoms with E-state index in [4.69, 9.17) is 27.9 Å². The number of nitrogens with zero attached hydrogens (tertiary/aromatic N) is 1. The molecule has 1 aliphatic rings. The van der Waals surface area contributed by atoms with Crippen molar-refractivity contribution < 1.29 is 14.6 Å². The van der Waals surface area contributed by atoms with Crippen LogP contribution in [0.1, 0.15) is 32.3 Å². The van der Waals surface area contributed by atoms with Crippen LogP contribution in [0.15, 0.2) is 18.2 Å². The zero-order valence-corrected chi connectivity index (χ0v) is 17.6. The van der Waals surface area contributed by atoms with Gasteiger partial charge in [0.1, 0.15) is 0 Å². The topological polar surface area (TPSA) is 49.8 Å². The first-order valence-corrected chi connectivity index (χ1v) is 10.1. The van der Waals surface area contributed by atoms with Gasteiger partial charge in [-0.2, -0.15) is 0 Å². The van der Waals surface area contributed by atoms with Crippen molar-refractivity contribution in [2.45, 2.75) is 38.9 Å². The molecule has 1 N–H and O–H groups in total. The van der Waals surface area contributed by atoms with Crippen molar-refractivity contribution in [1.82, 2.24) is 4.90 Å². The van der Waals surface area contributed by atoms with Crippen LogP contribution in [-0.2, 0) is 4.74 Å². The monoisotopic (exact) mass is 485 g/mol. The minimum absolute atomic E-state index is 0.0832. The number of benzene rings is 1. The van der Waals surface area contributed by atoms with Crippen LogP contribution in [0.4, 0.5) is 4.79 Å². The molecule has 0 bridgehead atoms. The number of carbonyl (C=O) groups is 1. The van der Waals surface area contributed by atoms with Crippen molar-refractivity contribution in [3.05, 3.63) is 33.8 Å². The summed E-state index contributed by atoms with van der Waals surface area (Å²) in [6, 6.07) is 5.47. The second-order valence-corrected chi connectivity index (χ2v) is 8.85. The fraction of sp³-hybridized carbons (Fsp3) is 0.588. The second-order valence-electron chi connectivity index (χ2n) is 7.15. The number of halogens is 3. The van der Waals surface area contributed by atoms with Crippen LogP contribution in [0.5, 0.6) is 0 Å². The maximum atomic E-state index is 11.7. The summed E-state index contributed by atoms with van der Waals surface area (Å²) in [6.45, 7) is 6.96. The molecule has 24 heavy (non-hydrogen) atoms. The van der Waals surface area contributed by atoms with Crippen molar-refractivity contribution in [2.24, 2.45) is 5.41 Å². The summed E-state index contributed by atoms with van der Waals surface area (Å²) >= 11 is 14.5. The molecule has 1 aliphatic heterocycles. The van der Waals surface area contributed by atoms with Gasteiger partial charge in [0.05, 0.1) is 28.8 Å². The summed E-state index contributed by atoms with van der Waals surface area (Å²) in [4.78, 5) is 13.1. The quantitative estimate of drug-likeness (QED) is 0.456. The lowest BCUT2D eigenvalue weighted by atomic mass is 9.88. The molecule has 0 spiro atoms. The van der Waals surface area contributed by atoms with Gasteiger partial charge in [0, 0.05) is 16.9 Å². The molecule has 1 unspecified atom stereocenters. The standard InChI is InChI=1S/C17H22Cl2INO3/c1-17(2,3)15-9-21(16(22)23)8-11(14(7-20)24-15)10-4-5-12(18)13(19)6-10/h4-6,11,14-15H,7-9H2,1-3H3,(H,22,23)/t11-,14-,15?/m0/s1. The number of amides is 1. The third kappa shape index (κ3) is 4.68. The van der Waals surface area contributed by atoms with Crippen LogP contribution in [0.2, 0.25) is 10.0 Å². The third-order valence-electron chi connectivity index (χ3n) is 4.35. The Hall–Kier alpha value is -0.240. The van der Waals surface area contributed by atoms with Crippen LogP contribution < -0.4 is 0 Å². The molecule has 0 saturated carbocycles. The molecule has 1 saturated heterocycles. The Morgan fingerprint density at radius 2 is 2.00 bits per heavy atom. The minimum Gasteiger partial charge on any atom is -0.465 e. The highest BCUT2D eigenvalue weighted by Crippen LogP contribution is 2.36. The van der Waals surface area contributed by atoms with Crippen molar-refractivity contribution in [1.29, 1.82) is 0 Å². The van der Waals surface area contributed by atoms with E-state index in [1.165, 1.54) is 4.90 Å². The Labute approximate surface area is 166 Å². The van der Waals surface area contributed by atoms with Crippen molar-refractivity contribution in [2.75, 3.05) is 17.5 Å². The van der Waals surface area contributed by atoms with E-state index in [0.29, 0.717) is 23.1 Å². The Morgan fingerprint density at radius 3 is 2.50 bits per heavy atom. The molecular weight excluding hydrogens is 464 g/mol. The number of hydrogen-bond acceptors (Lipinski definition) is 2. The van der Waals surface area contributed by atoms with Crippen LogP contribution in [0.25, 0.3) is 0 Å². The van der Waals surface area contributed by atoms with Gasteiger partial charge in [0.15, 0.2) is 0 Å². The maximum Gasteiger partial charge on any atom is 0.407 e. The van der Waals surface area contributed by atoms with E-state index in [1.54, 1.807) is 6.07 Å². The number of rotatable bonds is 2. The first kappa shape index (κ1) is 20.1. The smallest absolute Gasteiger partial charge is 0.407 e. The van der Waals surface area contributed by atoms with E-state index in [0.717, 1.165) is 9.99 Å². The van der Waals surface area contributed by atoms with Gasteiger partial charge >= 0.3 is 6.09 Å². The van der Waals surface area contributed by atoms with E-state index < -0.39 is 6.09 Å². The molecule has 1 aromatic rings. The highest BCUT2D eigenvalue weighted by atomic mass is 127. The molecule has 4 nitrogen and oxygen atoms in total. The second kappa shape index (κ2) is 7.98. The summed E-state index contributed by atoms with van der Waals surface area (Å²) in [5, 5.41) is 10.6. The zero-order chi connectivity index (χ0) is 18.1.